The number of hydrogen-bond acceptors (Lipinski definition) is 27. The standard InChI is InChI=1S/C12H22O31S4/c13-40-29-1-4-6(35-41-14)8(36-42-15)9(37-43-16)11(32-4)34-12(3-31-45(20,21)22)10(39-47(26,27)28)7(38-46(23,24)25)5(33-12)2-30-44(17,18)19/h4-11,13-16H,1-3H2,(H,17,18,19)(H,20,21,22)(H,23,24,25)(H,26,27,28)/t4?,5-,6-,7+,8+,9?,10-,11+,12+/m1/s1. The third-order valence-corrected chi connectivity index (χ3v) is 7.12. The second-order valence-electron chi connectivity index (χ2n) is 8.23. The van der Waals surface area contributed by atoms with Crippen molar-refractivity contribution in [1.29, 1.82) is 0 Å². The molecule has 2 aliphatic rings. The van der Waals surface area contributed by atoms with Gasteiger partial charge in [0.05, 0.1) is 6.61 Å². The third-order valence-electron chi connectivity index (χ3n) is 5.35. The van der Waals surface area contributed by atoms with Crippen LogP contribution in [0.2, 0.25) is 0 Å². The van der Waals surface area contributed by atoms with E-state index in [4.69, 9.17) is 39.8 Å². The molecule has 0 aromatic rings. The second-order valence-corrected chi connectivity index (χ2v) is 12.5. The highest BCUT2D eigenvalue weighted by Gasteiger charge is 2.65. The molecule has 9 atom stereocenters. The molecule has 0 saturated carbocycles. The third kappa shape index (κ3) is 13.3. The summed E-state index contributed by atoms with van der Waals surface area (Å²) in [4.78, 5) is 17.5. The molecule has 2 heterocycles. The lowest BCUT2D eigenvalue weighted by molar-refractivity contribution is -0.596. The Morgan fingerprint density at radius 3 is 1.60 bits per heavy atom. The predicted molar refractivity (Wildman–Crippen MR) is 121 cm³/mol. The fraction of sp³-hybridized carbons (Fsp3) is 1.00. The minimum absolute atomic E-state index is 1.10. The molecular formula is C12H22O31S4. The normalized spacial score (nSPS) is 32.5. The molecular weight excluding hydrogens is 768 g/mol. The molecule has 0 amide bonds. The van der Waals surface area contributed by atoms with E-state index >= 15 is 0 Å². The van der Waals surface area contributed by atoms with Gasteiger partial charge in [-0.05, 0) is 0 Å². The molecule has 2 unspecified atom stereocenters. The number of hydrogen-bond donors (Lipinski definition) is 8. The van der Waals surface area contributed by atoms with Gasteiger partial charge in [0.1, 0.15) is 31.5 Å². The summed E-state index contributed by atoms with van der Waals surface area (Å²) in [5.41, 5.74) is 0. The van der Waals surface area contributed by atoms with Gasteiger partial charge >= 0.3 is 41.6 Å². The molecule has 0 bridgehead atoms. The summed E-state index contributed by atoms with van der Waals surface area (Å²) in [6.45, 7) is -4.75. The highest BCUT2D eigenvalue weighted by Crippen LogP contribution is 2.42. The summed E-state index contributed by atoms with van der Waals surface area (Å²) in [6, 6.07) is 0. The van der Waals surface area contributed by atoms with Crippen LogP contribution in [0.4, 0.5) is 0 Å². The number of rotatable bonds is 21. The summed E-state index contributed by atoms with van der Waals surface area (Å²) >= 11 is 0. The molecule has 0 spiro atoms. The average Bonchev–Trinajstić information content (AvgIpc) is 3.17. The Bertz CT molecular complexity index is 1410. The lowest BCUT2D eigenvalue weighted by atomic mass is 9.98. The van der Waals surface area contributed by atoms with E-state index in [9.17, 15) is 47.3 Å². The maximum Gasteiger partial charge on any atom is 0.397 e. The van der Waals surface area contributed by atoms with Gasteiger partial charge in [-0.25, -0.2) is 42.6 Å². The van der Waals surface area contributed by atoms with Crippen LogP contribution in [0.1, 0.15) is 0 Å². The van der Waals surface area contributed by atoms with Gasteiger partial charge in [0, 0.05) is 0 Å². The van der Waals surface area contributed by atoms with Gasteiger partial charge in [0.15, 0.2) is 30.7 Å². The smallest absolute Gasteiger partial charge is 0.341 e. The molecule has 31 nitrogen and oxygen atoms in total. The first-order valence-electron chi connectivity index (χ1n) is 11.0. The minimum Gasteiger partial charge on any atom is -0.341 e. The minimum atomic E-state index is -5.95. The molecule has 0 aliphatic carbocycles. The summed E-state index contributed by atoms with van der Waals surface area (Å²) in [5.74, 6) is -3.62. The molecule has 2 fully saturated rings. The van der Waals surface area contributed by atoms with Crippen molar-refractivity contribution in [1.82, 2.24) is 0 Å². The molecule has 0 aromatic carbocycles. The monoisotopic (exact) mass is 790 g/mol. The maximum atomic E-state index is 11.8. The van der Waals surface area contributed by atoms with Crippen LogP contribution in [0.5, 0.6) is 0 Å². The first-order chi connectivity index (χ1) is 21.6. The lowest BCUT2D eigenvalue weighted by Crippen LogP contribution is -2.65. The fourth-order valence-corrected chi connectivity index (χ4v) is 5.55. The molecule has 35 heteroatoms. The van der Waals surface area contributed by atoms with Crippen LogP contribution in [0.15, 0.2) is 0 Å². The van der Waals surface area contributed by atoms with Crippen molar-refractivity contribution in [2.45, 2.75) is 54.8 Å². The van der Waals surface area contributed by atoms with E-state index in [1.54, 1.807) is 0 Å². The highest BCUT2D eigenvalue weighted by atomic mass is 32.3. The van der Waals surface area contributed by atoms with Gasteiger partial charge in [-0.3, -0.25) is 18.2 Å². The van der Waals surface area contributed by atoms with Crippen molar-refractivity contribution < 1.29 is 144 Å². The van der Waals surface area contributed by atoms with Gasteiger partial charge in [0.2, 0.25) is 5.79 Å². The highest BCUT2D eigenvalue weighted by molar-refractivity contribution is 7.81. The first kappa shape index (κ1) is 42.0. The summed E-state index contributed by atoms with van der Waals surface area (Å²) in [5, 5.41) is 48.9. The maximum absolute atomic E-state index is 11.8. The van der Waals surface area contributed by atoms with Crippen LogP contribution in [0, 0.1) is 0 Å². The second kappa shape index (κ2) is 17.2. The van der Waals surface area contributed by atoms with Crippen molar-refractivity contribution in [2.24, 2.45) is 0 Å². The predicted octanol–water partition coefficient (Wildman–Crippen LogP) is -4.37. The molecule has 2 rings (SSSR count). The van der Waals surface area contributed by atoms with E-state index in [0.29, 0.717) is 0 Å². The van der Waals surface area contributed by atoms with Crippen molar-refractivity contribution in [3.8, 4) is 0 Å². The van der Waals surface area contributed by atoms with Crippen molar-refractivity contribution in [3.05, 3.63) is 0 Å². The SMILES string of the molecule is O=S(=O)(O)OC[C@H]1O[C@@](COS(=O)(=O)O)(O[C@@H]2OC(COOO)[C@@H](OOO)[C@H](OOO)C2OOO)[C@H](OS(=O)(=O)O)[C@H]1OS(=O)(=O)O. The van der Waals surface area contributed by atoms with Crippen molar-refractivity contribution in [3.63, 3.8) is 0 Å². The summed E-state index contributed by atoms with van der Waals surface area (Å²) < 4.78 is 161. The lowest BCUT2D eigenvalue weighted by Gasteiger charge is -2.44. The van der Waals surface area contributed by atoms with E-state index in [1.165, 1.54) is 0 Å². The first-order valence-corrected chi connectivity index (χ1v) is 16.4. The van der Waals surface area contributed by atoms with E-state index < -0.39 is 116 Å². The van der Waals surface area contributed by atoms with E-state index in [1.807, 2.05) is 0 Å². The fourth-order valence-electron chi connectivity index (χ4n) is 3.91. The van der Waals surface area contributed by atoms with Gasteiger partial charge in [0.25, 0.3) is 0 Å². The number of ether oxygens (including phenoxy) is 3. The van der Waals surface area contributed by atoms with E-state index in [2.05, 4.69) is 56.4 Å². The Morgan fingerprint density at radius 1 is 0.574 bits per heavy atom. The molecule has 0 aromatic heterocycles. The Hall–Kier alpha value is -1.12. The Kier molecular flexibility index (Phi) is 15.4. The van der Waals surface area contributed by atoms with Gasteiger partial charge < -0.3 is 14.2 Å². The summed E-state index contributed by atoms with van der Waals surface area (Å²) in [7, 11) is -23.0. The zero-order valence-corrected chi connectivity index (χ0v) is 25.1. The van der Waals surface area contributed by atoms with Crippen LogP contribution in [-0.4, -0.2) is 148 Å². The molecule has 8 N–H and O–H groups in total. The van der Waals surface area contributed by atoms with Crippen LogP contribution < -0.4 is 0 Å². The zero-order chi connectivity index (χ0) is 35.8. The van der Waals surface area contributed by atoms with E-state index in [-0.39, 0.29) is 0 Å². The van der Waals surface area contributed by atoms with Crippen LogP contribution in [-0.2, 0) is 112 Å². The molecule has 0 radical (unpaired) electrons. The van der Waals surface area contributed by atoms with Crippen molar-refractivity contribution in [2.75, 3.05) is 19.8 Å². The van der Waals surface area contributed by atoms with Crippen LogP contribution in [0.3, 0.4) is 0 Å². The molecule has 280 valence electrons. The topological polar surface area (TPSA) is 437 Å². The quantitative estimate of drug-likeness (QED) is 0.0309. The largest absolute Gasteiger partial charge is 0.397 e. The Labute approximate surface area is 259 Å². The van der Waals surface area contributed by atoms with E-state index in [0.717, 1.165) is 0 Å². The average molecular weight is 791 g/mol. The van der Waals surface area contributed by atoms with Crippen LogP contribution >= 0.6 is 0 Å². The summed E-state index contributed by atoms with van der Waals surface area (Å²) in [6.07, 6.45) is -19.9. The zero-order valence-electron chi connectivity index (χ0n) is 21.8. The Balaban J connectivity index is 2.82. The molecule has 2 saturated heterocycles. The van der Waals surface area contributed by atoms with Gasteiger partial charge in [-0.2, -0.15) is 48.3 Å². The van der Waals surface area contributed by atoms with Gasteiger partial charge in [-0.15, -0.1) is 0 Å². The Morgan fingerprint density at radius 2 is 1.11 bits per heavy atom. The van der Waals surface area contributed by atoms with Crippen molar-refractivity contribution >= 4 is 41.6 Å². The van der Waals surface area contributed by atoms with Gasteiger partial charge in [-0.1, -0.05) is 20.2 Å². The molecule has 47 heavy (non-hydrogen) atoms. The molecule has 2 aliphatic heterocycles. The van der Waals surface area contributed by atoms with Crippen LogP contribution in [0.25, 0.3) is 0 Å².